The highest BCUT2D eigenvalue weighted by Crippen LogP contribution is 2.29. The lowest BCUT2D eigenvalue weighted by molar-refractivity contribution is -0.0566. The minimum absolute atomic E-state index is 0.217. The number of rotatable bonds is 4. The molecule has 4 rings (SSSR count). The molecule has 0 spiro atoms. The zero-order valence-electron chi connectivity index (χ0n) is 16.9. The number of hydrogen-bond acceptors (Lipinski definition) is 7. The van der Waals surface area contributed by atoms with Gasteiger partial charge in [-0.05, 0) is 20.8 Å². The number of aromatic nitrogens is 3. The van der Waals surface area contributed by atoms with Gasteiger partial charge in [-0.15, -0.1) is 11.3 Å². The fourth-order valence-electron chi connectivity index (χ4n) is 3.37. The Morgan fingerprint density at radius 2 is 2.03 bits per heavy atom. The molecule has 3 aromatic rings. The first-order valence-electron chi connectivity index (χ1n) is 9.56. The van der Waals surface area contributed by atoms with Crippen LogP contribution in [-0.2, 0) is 23.4 Å². The third-order valence-electron chi connectivity index (χ3n) is 5.00. The number of benzene rings is 1. The van der Waals surface area contributed by atoms with Crippen LogP contribution < -0.4 is 10.9 Å². The number of carbonyl (C=O) groups excluding carboxylic acids is 1. The van der Waals surface area contributed by atoms with Crippen molar-refractivity contribution < 1.29 is 14.6 Å². The number of amides is 1. The van der Waals surface area contributed by atoms with Gasteiger partial charge in [-0.3, -0.25) is 14.2 Å². The standard InChI is InChI=1S/C21H22N4O4S/c1-12-14(30-18(23-12)13-7-5-4-6-8-13)11-22-17(27)15-16(26)19(28)25-9-10-29-21(2,3)20(25)24-15/h4-8,26H,9-11H2,1-3H3,(H,22,27). The summed E-state index contributed by atoms with van der Waals surface area (Å²) in [7, 11) is 0. The molecule has 30 heavy (non-hydrogen) atoms. The number of carbonyl (C=O) groups is 1. The Kier molecular flexibility index (Phi) is 5.17. The molecule has 2 aromatic heterocycles. The summed E-state index contributed by atoms with van der Waals surface area (Å²) in [6, 6.07) is 9.79. The van der Waals surface area contributed by atoms with Gasteiger partial charge < -0.3 is 15.2 Å². The second kappa shape index (κ2) is 7.66. The molecule has 1 aliphatic rings. The van der Waals surface area contributed by atoms with E-state index in [1.165, 1.54) is 15.9 Å². The van der Waals surface area contributed by atoms with Gasteiger partial charge in [0.15, 0.2) is 5.69 Å². The average Bonchev–Trinajstić information content (AvgIpc) is 3.10. The molecule has 1 amide bonds. The van der Waals surface area contributed by atoms with E-state index in [4.69, 9.17) is 4.74 Å². The first-order valence-corrected chi connectivity index (χ1v) is 10.4. The lowest BCUT2D eigenvalue weighted by Crippen LogP contribution is -2.42. The average molecular weight is 426 g/mol. The maximum Gasteiger partial charge on any atom is 0.296 e. The molecule has 1 aromatic carbocycles. The van der Waals surface area contributed by atoms with Crippen molar-refractivity contribution in [3.63, 3.8) is 0 Å². The van der Waals surface area contributed by atoms with Crippen LogP contribution in [0.4, 0.5) is 0 Å². The number of aromatic hydroxyl groups is 1. The van der Waals surface area contributed by atoms with Crippen molar-refractivity contribution in [1.29, 1.82) is 0 Å². The number of nitrogens with zero attached hydrogens (tertiary/aromatic N) is 3. The smallest absolute Gasteiger partial charge is 0.296 e. The summed E-state index contributed by atoms with van der Waals surface area (Å²) >= 11 is 1.49. The van der Waals surface area contributed by atoms with E-state index in [2.05, 4.69) is 15.3 Å². The molecule has 9 heteroatoms. The SMILES string of the molecule is Cc1nc(-c2ccccc2)sc1CNC(=O)c1nc2n(c(=O)c1O)CCOC2(C)C. The Bertz CT molecular complexity index is 1170. The number of ether oxygens (including phenoxy) is 1. The zero-order chi connectivity index (χ0) is 21.5. The zero-order valence-corrected chi connectivity index (χ0v) is 17.7. The normalized spacial score (nSPS) is 14.9. The van der Waals surface area contributed by atoms with Crippen LogP contribution in [0.1, 0.15) is 40.7 Å². The molecule has 0 radical (unpaired) electrons. The number of thiazole rings is 1. The van der Waals surface area contributed by atoms with Crippen LogP contribution in [0.3, 0.4) is 0 Å². The van der Waals surface area contributed by atoms with Gasteiger partial charge in [0, 0.05) is 10.4 Å². The highest BCUT2D eigenvalue weighted by atomic mass is 32.1. The van der Waals surface area contributed by atoms with Crippen molar-refractivity contribution in [1.82, 2.24) is 19.9 Å². The summed E-state index contributed by atoms with van der Waals surface area (Å²) in [5.74, 6) is -0.953. The van der Waals surface area contributed by atoms with E-state index in [1.807, 2.05) is 37.3 Å². The molecule has 0 bridgehead atoms. The third-order valence-corrected chi connectivity index (χ3v) is 6.21. The molecule has 156 valence electrons. The molecule has 0 unspecified atom stereocenters. The number of hydrogen-bond donors (Lipinski definition) is 2. The van der Waals surface area contributed by atoms with Gasteiger partial charge in [0.25, 0.3) is 11.5 Å². The Morgan fingerprint density at radius 1 is 1.30 bits per heavy atom. The van der Waals surface area contributed by atoms with E-state index in [1.54, 1.807) is 13.8 Å². The molecule has 0 aliphatic carbocycles. The van der Waals surface area contributed by atoms with Crippen LogP contribution in [0.25, 0.3) is 10.6 Å². The summed E-state index contributed by atoms with van der Waals surface area (Å²) in [5, 5.41) is 13.9. The fraction of sp³-hybridized carbons (Fsp3) is 0.333. The van der Waals surface area contributed by atoms with E-state index in [9.17, 15) is 14.7 Å². The van der Waals surface area contributed by atoms with Gasteiger partial charge in [-0.1, -0.05) is 30.3 Å². The maximum atomic E-state index is 12.7. The molecule has 0 fully saturated rings. The van der Waals surface area contributed by atoms with Gasteiger partial charge in [-0.2, -0.15) is 0 Å². The quantitative estimate of drug-likeness (QED) is 0.664. The van der Waals surface area contributed by atoms with Gasteiger partial charge in [-0.25, -0.2) is 9.97 Å². The highest BCUT2D eigenvalue weighted by molar-refractivity contribution is 7.15. The molecule has 3 heterocycles. The van der Waals surface area contributed by atoms with Gasteiger partial charge in [0.1, 0.15) is 16.4 Å². The van der Waals surface area contributed by atoms with E-state index >= 15 is 0 Å². The van der Waals surface area contributed by atoms with Crippen LogP contribution in [0.5, 0.6) is 5.75 Å². The topological polar surface area (TPSA) is 106 Å². The van der Waals surface area contributed by atoms with Crippen molar-refractivity contribution in [2.75, 3.05) is 6.61 Å². The summed E-state index contributed by atoms with van der Waals surface area (Å²) in [5.41, 5.74) is 0.0554. The van der Waals surface area contributed by atoms with Crippen LogP contribution in [-0.4, -0.2) is 32.2 Å². The molecule has 0 saturated heterocycles. The van der Waals surface area contributed by atoms with Crippen LogP contribution >= 0.6 is 11.3 Å². The minimum atomic E-state index is -0.834. The fourth-order valence-corrected chi connectivity index (χ4v) is 4.37. The van der Waals surface area contributed by atoms with Gasteiger partial charge >= 0.3 is 0 Å². The molecule has 8 nitrogen and oxygen atoms in total. The second-order valence-electron chi connectivity index (χ2n) is 7.52. The lowest BCUT2D eigenvalue weighted by atomic mass is 10.1. The second-order valence-corrected chi connectivity index (χ2v) is 8.61. The molecule has 0 atom stereocenters. The minimum Gasteiger partial charge on any atom is -0.501 e. The molecular weight excluding hydrogens is 404 g/mol. The molecule has 1 aliphatic heterocycles. The van der Waals surface area contributed by atoms with E-state index < -0.39 is 22.8 Å². The Labute approximate surface area is 177 Å². The Morgan fingerprint density at radius 3 is 2.77 bits per heavy atom. The summed E-state index contributed by atoms with van der Waals surface area (Å²) < 4.78 is 7.03. The monoisotopic (exact) mass is 426 g/mol. The van der Waals surface area contributed by atoms with Crippen LogP contribution in [0.15, 0.2) is 35.1 Å². The van der Waals surface area contributed by atoms with Crippen molar-refractivity contribution in [3.05, 3.63) is 62.8 Å². The summed E-state index contributed by atoms with van der Waals surface area (Å²) in [6.45, 7) is 6.26. The predicted molar refractivity (Wildman–Crippen MR) is 113 cm³/mol. The number of nitrogens with one attached hydrogen (secondary N) is 1. The van der Waals surface area contributed by atoms with Crippen LogP contribution in [0, 0.1) is 6.92 Å². The largest absolute Gasteiger partial charge is 0.501 e. The van der Waals surface area contributed by atoms with Gasteiger partial charge in [0.05, 0.1) is 25.4 Å². The molecule has 2 N–H and O–H groups in total. The van der Waals surface area contributed by atoms with Crippen molar-refractivity contribution in [2.24, 2.45) is 0 Å². The van der Waals surface area contributed by atoms with Crippen molar-refractivity contribution in [3.8, 4) is 16.3 Å². The highest BCUT2D eigenvalue weighted by Gasteiger charge is 2.34. The maximum absolute atomic E-state index is 12.7. The van der Waals surface area contributed by atoms with Crippen molar-refractivity contribution in [2.45, 2.75) is 39.5 Å². The van der Waals surface area contributed by atoms with Crippen molar-refractivity contribution >= 4 is 17.2 Å². The third kappa shape index (κ3) is 3.61. The molecule has 0 saturated carbocycles. The lowest BCUT2D eigenvalue weighted by Gasteiger charge is -2.32. The van der Waals surface area contributed by atoms with E-state index in [0.717, 1.165) is 21.1 Å². The summed E-state index contributed by atoms with van der Waals surface area (Å²) in [4.78, 5) is 35.0. The van der Waals surface area contributed by atoms with Crippen LogP contribution in [0.2, 0.25) is 0 Å². The predicted octanol–water partition coefficient (Wildman–Crippen LogP) is 2.58. The summed E-state index contributed by atoms with van der Waals surface area (Å²) in [6.07, 6.45) is 0. The van der Waals surface area contributed by atoms with E-state index in [-0.39, 0.29) is 18.8 Å². The Balaban J connectivity index is 1.58. The first-order chi connectivity index (χ1) is 14.3. The number of aryl methyl sites for hydroxylation is 1. The van der Waals surface area contributed by atoms with E-state index in [0.29, 0.717) is 12.4 Å². The number of fused-ring (bicyclic) bond motifs is 1. The first kappa shape index (κ1) is 20.2. The van der Waals surface area contributed by atoms with Gasteiger partial charge in [0.2, 0.25) is 5.75 Å². The molecular formula is C21H22N4O4S. The Hall–Kier alpha value is -3.04.